The van der Waals surface area contributed by atoms with Gasteiger partial charge in [-0.1, -0.05) is 28.9 Å². The summed E-state index contributed by atoms with van der Waals surface area (Å²) in [6, 6.07) is 7.62. The van der Waals surface area contributed by atoms with Crippen LogP contribution in [0.3, 0.4) is 0 Å². The molecule has 2 aliphatic carbocycles. The Morgan fingerprint density at radius 1 is 1.17 bits per heavy atom. The highest BCUT2D eigenvalue weighted by Crippen LogP contribution is 2.69. The van der Waals surface area contributed by atoms with Gasteiger partial charge in [-0.2, -0.15) is 0 Å². The number of benzene rings is 1. The van der Waals surface area contributed by atoms with Gasteiger partial charge in [0, 0.05) is 29.7 Å². The minimum atomic E-state index is -4.81. The molecule has 0 radical (unpaired) electrons. The van der Waals surface area contributed by atoms with Crippen LogP contribution in [0.25, 0.3) is 0 Å². The van der Waals surface area contributed by atoms with E-state index in [2.05, 4.69) is 5.16 Å². The Labute approximate surface area is 209 Å². The molecular weight excluding hydrogens is 540 g/mol. The van der Waals surface area contributed by atoms with Gasteiger partial charge in [0.1, 0.15) is 12.7 Å². The molecule has 0 spiro atoms. The molecule has 2 saturated carbocycles. The monoisotopic (exact) mass is 565 g/mol. The van der Waals surface area contributed by atoms with Gasteiger partial charge < -0.3 is 34.3 Å². The van der Waals surface area contributed by atoms with Gasteiger partial charge in [0.2, 0.25) is 0 Å². The smallest absolute Gasteiger partial charge is 0.340 e. The molecule has 16 heteroatoms. The van der Waals surface area contributed by atoms with E-state index in [9.17, 15) is 29.0 Å². The highest BCUT2D eigenvalue weighted by molar-refractivity contribution is 7.70. The van der Waals surface area contributed by atoms with Crippen molar-refractivity contribution in [3.8, 4) is 0 Å². The van der Waals surface area contributed by atoms with Crippen molar-refractivity contribution in [1.29, 1.82) is 0 Å². The molecule has 0 bridgehead atoms. The summed E-state index contributed by atoms with van der Waals surface area (Å²) in [5.41, 5.74) is -0.634. The summed E-state index contributed by atoms with van der Waals surface area (Å²) < 4.78 is 30.5. The SMILES string of the molecule is Cn1c(=O)n([C@H]2[C@H](O)[C@H](O)[C@]3(COP(=O)(O)CP(=O)(O)O)C[C@H]23)cc/c1=N/OCc1ccc(Cl)cc1. The first-order valence-corrected chi connectivity index (χ1v) is 14.7. The van der Waals surface area contributed by atoms with Crippen molar-refractivity contribution >= 4 is 26.8 Å². The van der Waals surface area contributed by atoms with E-state index in [-0.39, 0.29) is 18.5 Å². The summed E-state index contributed by atoms with van der Waals surface area (Å²) in [5, 5.41) is 25.9. The van der Waals surface area contributed by atoms with Gasteiger partial charge in [-0.3, -0.25) is 18.3 Å². The predicted octanol–water partition coefficient (Wildman–Crippen LogP) is 0.493. The van der Waals surface area contributed by atoms with Crippen LogP contribution in [0.1, 0.15) is 18.0 Å². The first-order valence-electron chi connectivity index (χ1n) is 10.8. The standard InChI is InChI=1S/C20H26ClN3O10P2/c1-23-15(22-33-9-12-2-4-13(21)5-3-12)6-7-24(19(23)27)16-14-8-20(14,18(26)17(16)25)10-34-36(31,32)11-35(28,29)30/h2-7,14,16-18,25-26H,8-11H2,1H3,(H,31,32)(H2,28,29,30)/b22-15-/t14-,16-,17+,18+,20+/m1/s1. The second-order valence-corrected chi connectivity index (χ2v) is 13.5. The number of aromatic nitrogens is 2. The van der Waals surface area contributed by atoms with Crippen molar-refractivity contribution in [2.75, 3.05) is 12.5 Å². The molecule has 198 valence electrons. The van der Waals surface area contributed by atoms with E-state index < -0.39 is 63.0 Å². The third-order valence-electron chi connectivity index (χ3n) is 6.61. The van der Waals surface area contributed by atoms with E-state index in [0.717, 1.165) is 5.56 Å². The van der Waals surface area contributed by atoms with E-state index in [1.807, 2.05) is 0 Å². The quantitative estimate of drug-likeness (QED) is 0.211. The Bertz CT molecular complexity index is 1360. The van der Waals surface area contributed by atoms with Gasteiger partial charge in [0.05, 0.1) is 18.8 Å². The Hall–Kier alpha value is -1.79. The molecular formula is C20H26ClN3O10P2. The molecule has 1 heterocycles. The fraction of sp³-hybridized carbons (Fsp3) is 0.500. The first-order chi connectivity index (χ1) is 16.7. The summed E-state index contributed by atoms with van der Waals surface area (Å²) in [4.78, 5) is 46.0. The lowest BCUT2D eigenvalue weighted by Crippen LogP contribution is -2.43. The van der Waals surface area contributed by atoms with Gasteiger partial charge in [0.15, 0.2) is 11.4 Å². The number of aliphatic hydroxyl groups is 2. The van der Waals surface area contributed by atoms with E-state index >= 15 is 0 Å². The van der Waals surface area contributed by atoms with Crippen LogP contribution in [0, 0.1) is 11.3 Å². The van der Waals surface area contributed by atoms with Gasteiger partial charge in [-0.05, 0) is 30.0 Å². The largest absolute Gasteiger partial charge is 0.390 e. The Balaban J connectivity index is 1.49. The lowest BCUT2D eigenvalue weighted by Gasteiger charge is -2.25. The van der Waals surface area contributed by atoms with Crippen molar-refractivity contribution in [2.45, 2.75) is 31.3 Å². The van der Waals surface area contributed by atoms with Gasteiger partial charge in [-0.15, -0.1) is 0 Å². The van der Waals surface area contributed by atoms with Crippen molar-refractivity contribution in [3.63, 3.8) is 0 Å². The number of hydrogen-bond donors (Lipinski definition) is 5. The maximum absolute atomic E-state index is 13.0. The predicted molar refractivity (Wildman–Crippen MR) is 126 cm³/mol. The first kappa shape index (κ1) is 27.3. The zero-order valence-corrected chi connectivity index (χ0v) is 21.5. The zero-order chi connectivity index (χ0) is 26.5. The van der Waals surface area contributed by atoms with Crippen LogP contribution >= 0.6 is 26.8 Å². The van der Waals surface area contributed by atoms with Gasteiger partial charge >= 0.3 is 20.9 Å². The maximum Gasteiger partial charge on any atom is 0.340 e. The van der Waals surface area contributed by atoms with E-state index in [4.69, 9.17) is 30.7 Å². The molecule has 2 fully saturated rings. The molecule has 36 heavy (non-hydrogen) atoms. The van der Waals surface area contributed by atoms with Crippen LogP contribution < -0.4 is 11.2 Å². The normalized spacial score (nSPS) is 29.6. The minimum absolute atomic E-state index is 0.148. The molecule has 0 aliphatic heterocycles. The van der Waals surface area contributed by atoms with Gasteiger partial charge in [-0.25, -0.2) is 4.79 Å². The van der Waals surface area contributed by atoms with Gasteiger partial charge in [0.25, 0.3) is 0 Å². The van der Waals surface area contributed by atoms with Crippen molar-refractivity contribution in [3.05, 3.63) is 63.1 Å². The molecule has 2 aromatic rings. The summed E-state index contributed by atoms with van der Waals surface area (Å²) in [6.07, 6.45) is -1.08. The molecule has 0 amide bonds. The van der Waals surface area contributed by atoms with Crippen LogP contribution in [-0.4, -0.2) is 58.7 Å². The number of rotatable bonds is 9. The third kappa shape index (κ3) is 5.55. The second kappa shape index (κ2) is 9.83. The highest BCUT2D eigenvalue weighted by atomic mass is 35.5. The summed E-state index contributed by atoms with van der Waals surface area (Å²) in [5.74, 6) is -1.83. The average molecular weight is 566 g/mol. The minimum Gasteiger partial charge on any atom is -0.390 e. The van der Waals surface area contributed by atoms with Crippen molar-refractivity contribution in [1.82, 2.24) is 9.13 Å². The van der Waals surface area contributed by atoms with Crippen LogP contribution in [0.4, 0.5) is 0 Å². The topological polar surface area (TPSA) is 193 Å². The van der Waals surface area contributed by atoms with Crippen LogP contribution in [0.15, 0.2) is 46.5 Å². The van der Waals surface area contributed by atoms with Crippen LogP contribution in [-0.2, 0) is 32.1 Å². The highest BCUT2D eigenvalue weighted by Gasteiger charge is 2.72. The van der Waals surface area contributed by atoms with E-state index in [0.29, 0.717) is 5.02 Å². The Morgan fingerprint density at radius 2 is 1.83 bits per heavy atom. The zero-order valence-electron chi connectivity index (χ0n) is 19.0. The molecule has 0 saturated heterocycles. The molecule has 6 atom stereocenters. The molecule has 1 aromatic carbocycles. The molecule has 1 aromatic heterocycles. The average Bonchev–Trinajstić information content (AvgIpc) is 3.46. The lowest BCUT2D eigenvalue weighted by molar-refractivity contribution is -0.0292. The summed E-state index contributed by atoms with van der Waals surface area (Å²) in [7, 11) is -7.99. The maximum atomic E-state index is 13.0. The third-order valence-corrected chi connectivity index (χ3v) is 10.3. The van der Waals surface area contributed by atoms with Crippen LogP contribution in [0.2, 0.25) is 5.02 Å². The fourth-order valence-corrected chi connectivity index (χ4v) is 7.44. The Kier molecular flexibility index (Phi) is 7.44. The molecule has 5 N–H and O–H groups in total. The number of aliphatic hydroxyl groups excluding tert-OH is 2. The summed E-state index contributed by atoms with van der Waals surface area (Å²) in [6.45, 7) is -0.359. The Morgan fingerprint density at radius 3 is 2.47 bits per heavy atom. The summed E-state index contributed by atoms with van der Waals surface area (Å²) >= 11 is 5.85. The molecule has 2 aliphatic rings. The number of halogens is 1. The number of hydrogen-bond acceptors (Lipinski definition) is 8. The molecule has 4 rings (SSSR count). The molecule has 13 nitrogen and oxygen atoms in total. The van der Waals surface area contributed by atoms with E-state index in [1.165, 1.54) is 28.4 Å². The molecule has 1 unspecified atom stereocenters. The second-order valence-electron chi connectivity index (χ2n) is 9.10. The number of fused-ring (bicyclic) bond motifs is 1. The van der Waals surface area contributed by atoms with Crippen molar-refractivity contribution < 1.29 is 43.4 Å². The number of nitrogens with zero attached hydrogens (tertiary/aromatic N) is 3. The van der Waals surface area contributed by atoms with E-state index in [1.54, 1.807) is 24.3 Å². The fourth-order valence-electron chi connectivity index (χ4n) is 4.69. The van der Waals surface area contributed by atoms with Crippen molar-refractivity contribution in [2.24, 2.45) is 23.5 Å². The van der Waals surface area contributed by atoms with Crippen LogP contribution in [0.5, 0.6) is 0 Å². The lowest BCUT2D eigenvalue weighted by atomic mass is 10.0.